The van der Waals surface area contributed by atoms with Crippen molar-refractivity contribution in [2.24, 2.45) is 10.7 Å². The Balaban J connectivity index is 0.000000178. The largest absolute Gasteiger partial charge is 0.486 e. The summed E-state index contributed by atoms with van der Waals surface area (Å²) in [4.78, 5) is 14.5. The number of benzene rings is 2. The summed E-state index contributed by atoms with van der Waals surface area (Å²) in [7, 11) is 3.24. The van der Waals surface area contributed by atoms with Crippen molar-refractivity contribution >= 4 is 12.5 Å². The molecule has 0 spiro atoms. The molecule has 0 radical (unpaired) electrons. The number of carbonyl (C=O) groups excluding carboxylic acids is 1. The summed E-state index contributed by atoms with van der Waals surface area (Å²) in [6, 6.07) is 11.1. The third-order valence-corrected chi connectivity index (χ3v) is 3.59. The van der Waals surface area contributed by atoms with Crippen LogP contribution < -0.4 is 24.7 Å². The lowest BCUT2D eigenvalue weighted by atomic mass is 10.2. The van der Waals surface area contributed by atoms with Crippen molar-refractivity contribution in [2.45, 2.75) is 0 Å². The van der Waals surface area contributed by atoms with Gasteiger partial charge in [-0.25, -0.2) is 0 Å². The zero-order valence-electron chi connectivity index (χ0n) is 15.5. The maximum atomic E-state index is 10.5. The number of nitrogens with two attached hydrogens (primary N) is 1. The smallest absolute Gasteiger partial charge is 0.171 e. The van der Waals surface area contributed by atoms with E-state index >= 15 is 0 Å². The summed E-state index contributed by atoms with van der Waals surface area (Å²) < 4.78 is 21.5. The highest BCUT2D eigenvalue weighted by Crippen LogP contribution is 2.33. The van der Waals surface area contributed by atoms with E-state index in [0.29, 0.717) is 43.5 Å². The summed E-state index contributed by atoms with van der Waals surface area (Å²) in [5.41, 5.74) is 6.02. The molecule has 4 rings (SSSR count). The van der Waals surface area contributed by atoms with Gasteiger partial charge in [0.15, 0.2) is 29.3 Å². The number of nitrogens with zero attached hydrogens (tertiary/aromatic N) is 1. The predicted octanol–water partition coefficient (Wildman–Crippen LogP) is 2.35. The van der Waals surface area contributed by atoms with Gasteiger partial charge in [-0.05, 0) is 31.3 Å². The van der Waals surface area contributed by atoms with Crippen LogP contribution in [-0.2, 0) is 0 Å². The Morgan fingerprint density at radius 2 is 1.30 bits per heavy atom. The van der Waals surface area contributed by atoms with E-state index < -0.39 is 0 Å². The third kappa shape index (κ3) is 5.21. The molecule has 144 valence electrons. The Bertz CT molecular complexity index is 777. The minimum atomic E-state index is 0.512. The maximum Gasteiger partial charge on any atom is 0.171 e. The van der Waals surface area contributed by atoms with Crippen LogP contribution in [0.2, 0.25) is 0 Å². The van der Waals surface area contributed by atoms with Crippen LogP contribution >= 0.6 is 0 Å². The fraction of sp³-hybridized carbons (Fsp3) is 0.300. The zero-order chi connectivity index (χ0) is 19.5. The average molecular weight is 372 g/mol. The molecule has 0 aliphatic carbocycles. The van der Waals surface area contributed by atoms with Gasteiger partial charge in [0, 0.05) is 18.8 Å². The van der Waals surface area contributed by atoms with Crippen LogP contribution in [0.4, 0.5) is 0 Å². The molecule has 2 aliphatic heterocycles. The number of hydrogen-bond acceptors (Lipinski definition) is 7. The fourth-order valence-electron chi connectivity index (χ4n) is 2.53. The van der Waals surface area contributed by atoms with Crippen LogP contribution in [0.25, 0.3) is 0 Å². The van der Waals surface area contributed by atoms with Crippen molar-refractivity contribution < 1.29 is 23.7 Å². The lowest BCUT2D eigenvalue weighted by Gasteiger charge is -2.19. The topological polar surface area (TPSA) is 92.4 Å². The molecule has 2 aliphatic rings. The van der Waals surface area contributed by atoms with E-state index in [-0.39, 0.29) is 0 Å². The first-order valence-electron chi connectivity index (χ1n) is 8.56. The lowest BCUT2D eigenvalue weighted by Crippen LogP contribution is -2.16. The van der Waals surface area contributed by atoms with E-state index in [0.717, 1.165) is 23.3 Å². The Hall–Kier alpha value is -3.06. The quantitative estimate of drug-likeness (QED) is 0.643. The second-order valence-electron chi connectivity index (χ2n) is 5.25. The van der Waals surface area contributed by atoms with E-state index in [2.05, 4.69) is 10.7 Å². The molecule has 2 heterocycles. The molecular weight excluding hydrogens is 348 g/mol. The summed E-state index contributed by atoms with van der Waals surface area (Å²) in [5, 5.41) is 0. The van der Waals surface area contributed by atoms with E-state index in [1.165, 1.54) is 7.05 Å². The first-order valence-corrected chi connectivity index (χ1v) is 8.56. The Morgan fingerprint density at radius 1 is 0.815 bits per heavy atom. The second kappa shape index (κ2) is 10.8. The molecule has 0 unspecified atom stereocenters. The Labute approximate surface area is 158 Å². The van der Waals surface area contributed by atoms with E-state index in [1.807, 2.05) is 18.2 Å². The normalized spacial score (nSPS) is 13.6. The van der Waals surface area contributed by atoms with Gasteiger partial charge in [0.05, 0.1) is 5.56 Å². The molecule has 2 N–H and O–H groups in total. The molecule has 7 nitrogen and oxygen atoms in total. The molecule has 0 saturated carbocycles. The SMILES string of the molecule is CN.CN=Cc1cccc2c1OCCO2.O=Cc1cccc2c1OCCO2. The molecule has 2 aromatic rings. The number of hydrogen-bond donors (Lipinski definition) is 1. The summed E-state index contributed by atoms with van der Waals surface area (Å²) in [6.45, 7) is 2.30. The van der Waals surface area contributed by atoms with Gasteiger partial charge in [0.1, 0.15) is 26.4 Å². The molecule has 2 aromatic carbocycles. The van der Waals surface area contributed by atoms with Crippen LogP contribution in [0.3, 0.4) is 0 Å². The fourth-order valence-corrected chi connectivity index (χ4v) is 2.53. The molecule has 0 atom stereocenters. The number of fused-ring (bicyclic) bond motifs is 2. The second-order valence-corrected chi connectivity index (χ2v) is 5.25. The lowest BCUT2D eigenvalue weighted by molar-refractivity contribution is 0.111. The standard InChI is InChI=1S/C10H11NO2.C9H8O3.CH5N/c1-11-7-8-3-2-4-9-10(8)13-6-5-12-9;10-6-7-2-1-3-8-9(7)12-5-4-11-8;1-2/h2-4,7H,5-6H2,1H3;1-3,6H,4-5H2;2H2,1H3. The number of carbonyl (C=O) groups is 1. The van der Waals surface area contributed by atoms with E-state index in [9.17, 15) is 4.79 Å². The summed E-state index contributed by atoms with van der Waals surface area (Å²) in [6.07, 6.45) is 2.54. The Kier molecular flexibility index (Phi) is 8.12. The molecule has 0 amide bonds. The number of para-hydroxylation sites is 2. The van der Waals surface area contributed by atoms with Gasteiger partial charge in [0.2, 0.25) is 0 Å². The van der Waals surface area contributed by atoms with Crippen LogP contribution in [0.5, 0.6) is 23.0 Å². The van der Waals surface area contributed by atoms with Crippen LogP contribution in [0.1, 0.15) is 15.9 Å². The van der Waals surface area contributed by atoms with Gasteiger partial charge in [0.25, 0.3) is 0 Å². The van der Waals surface area contributed by atoms with Crippen LogP contribution in [-0.4, -0.2) is 53.0 Å². The third-order valence-electron chi connectivity index (χ3n) is 3.59. The maximum absolute atomic E-state index is 10.5. The zero-order valence-corrected chi connectivity index (χ0v) is 15.5. The number of ether oxygens (including phenoxy) is 4. The number of aliphatic imine (C=N–C) groups is 1. The van der Waals surface area contributed by atoms with Crippen molar-refractivity contribution in [1.29, 1.82) is 0 Å². The van der Waals surface area contributed by atoms with Gasteiger partial charge >= 0.3 is 0 Å². The molecule has 0 fully saturated rings. The highest BCUT2D eigenvalue weighted by atomic mass is 16.6. The monoisotopic (exact) mass is 372 g/mol. The Morgan fingerprint density at radius 3 is 1.81 bits per heavy atom. The van der Waals surface area contributed by atoms with Gasteiger partial charge in [-0.2, -0.15) is 0 Å². The van der Waals surface area contributed by atoms with Gasteiger partial charge < -0.3 is 24.7 Å². The first kappa shape index (κ1) is 20.3. The predicted molar refractivity (Wildman–Crippen MR) is 104 cm³/mol. The van der Waals surface area contributed by atoms with Crippen molar-refractivity contribution in [3.8, 4) is 23.0 Å². The van der Waals surface area contributed by atoms with Crippen molar-refractivity contribution in [3.63, 3.8) is 0 Å². The van der Waals surface area contributed by atoms with Crippen molar-refractivity contribution in [1.82, 2.24) is 0 Å². The molecule has 0 aromatic heterocycles. The number of rotatable bonds is 2. The minimum absolute atomic E-state index is 0.512. The molecule has 7 heteroatoms. The van der Waals surface area contributed by atoms with E-state index in [4.69, 9.17) is 18.9 Å². The first-order chi connectivity index (χ1) is 13.3. The number of aldehydes is 1. The van der Waals surface area contributed by atoms with Crippen molar-refractivity contribution in [2.75, 3.05) is 40.5 Å². The highest BCUT2D eigenvalue weighted by molar-refractivity contribution is 5.85. The van der Waals surface area contributed by atoms with Crippen LogP contribution in [0.15, 0.2) is 41.4 Å². The van der Waals surface area contributed by atoms with Crippen LogP contribution in [0, 0.1) is 0 Å². The summed E-state index contributed by atoms with van der Waals surface area (Å²) in [5.74, 6) is 2.84. The van der Waals surface area contributed by atoms with E-state index in [1.54, 1.807) is 31.5 Å². The molecule has 27 heavy (non-hydrogen) atoms. The van der Waals surface area contributed by atoms with Gasteiger partial charge in [-0.3, -0.25) is 9.79 Å². The van der Waals surface area contributed by atoms with Crippen molar-refractivity contribution in [3.05, 3.63) is 47.5 Å². The highest BCUT2D eigenvalue weighted by Gasteiger charge is 2.14. The molecule has 0 bridgehead atoms. The van der Waals surface area contributed by atoms with Gasteiger partial charge in [-0.1, -0.05) is 12.1 Å². The summed E-state index contributed by atoms with van der Waals surface area (Å²) >= 11 is 0. The molecular formula is C20H24N2O5. The minimum Gasteiger partial charge on any atom is -0.486 e. The molecule has 0 saturated heterocycles. The average Bonchev–Trinajstić information content (AvgIpc) is 2.76. The van der Waals surface area contributed by atoms with Gasteiger partial charge in [-0.15, -0.1) is 0 Å².